The molecule has 0 fully saturated rings. The molecule has 2 aromatic heterocycles. The minimum atomic E-state index is -3.95. The van der Waals surface area contributed by atoms with Gasteiger partial charge in [0.05, 0.1) is 4.90 Å². The van der Waals surface area contributed by atoms with E-state index in [0.717, 1.165) is 0 Å². The topological polar surface area (TPSA) is 168 Å². The molecule has 0 spiro atoms. The number of amides is 2. The Kier molecular flexibility index (Phi) is 6.34. The molecular formula is C18H25N9O3S. The second kappa shape index (κ2) is 8.95. The summed E-state index contributed by atoms with van der Waals surface area (Å²) in [6.07, 6.45) is 0. The van der Waals surface area contributed by atoms with Crippen LogP contribution in [0.25, 0.3) is 11.0 Å². The van der Waals surface area contributed by atoms with Crippen LogP contribution in [0.15, 0.2) is 35.2 Å². The highest BCUT2D eigenvalue weighted by molar-refractivity contribution is 7.90. The van der Waals surface area contributed by atoms with Crippen LogP contribution < -0.4 is 31.7 Å². The zero-order chi connectivity index (χ0) is 22.6. The molecule has 3 rings (SSSR count). The Balaban J connectivity index is 1.79. The number of nitrogens with zero attached hydrogens (tertiary/aromatic N) is 3. The van der Waals surface area contributed by atoms with Gasteiger partial charge >= 0.3 is 6.03 Å². The summed E-state index contributed by atoms with van der Waals surface area (Å²) in [5.74, 6) is 1.33. The number of aromatic nitrogens is 3. The van der Waals surface area contributed by atoms with Crippen LogP contribution in [0.5, 0.6) is 0 Å². The summed E-state index contributed by atoms with van der Waals surface area (Å²) >= 11 is 0. The van der Waals surface area contributed by atoms with Crippen LogP contribution in [0, 0.1) is 0 Å². The van der Waals surface area contributed by atoms with Crippen molar-refractivity contribution >= 4 is 50.4 Å². The standard InChI is InChI=1S/C18H25N9O3S/c1-20-13-14-12(15(19)25-16(13)21-2)24-17(22-3)27(14)10-9-23-18(28)26-31(29,30)11-7-5-4-6-8-11/h4-8,20H,9-10H2,1-3H3,(H,22,24)(H3,19,21,25)(H2,23,26,28). The minimum Gasteiger partial charge on any atom is -0.383 e. The number of nitrogens with two attached hydrogens (primary N) is 1. The highest BCUT2D eigenvalue weighted by atomic mass is 32.2. The maximum Gasteiger partial charge on any atom is 0.328 e. The summed E-state index contributed by atoms with van der Waals surface area (Å²) in [5, 5.41) is 11.6. The van der Waals surface area contributed by atoms with Gasteiger partial charge in [-0.05, 0) is 12.1 Å². The van der Waals surface area contributed by atoms with Gasteiger partial charge in [-0.25, -0.2) is 27.9 Å². The van der Waals surface area contributed by atoms with Crippen molar-refractivity contribution in [2.24, 2.45) is 0 Å². The molecule has 0 aliphatic carbocycles. The lowest BCUT2D eigenvalue weighted by atomic mass is 10.3. The quantitative estimate of drug-likeness (QED) is 0.293. The molecule has 166 valence electrons. The molecule has 7 N–H and O–H groups in total. The van der Waals surface area contributed by atoms with E-state index in [1.807, 2.05) is 9.29 Å². The van der Waals surface area contributed by atoms with E-state index in [9.17, 15) is 13.2 Å². The van der Waals surface area contributed by atoms with Gasteiger partial charge in [0.15, 0.2) is 11.6 Å². The zero-order valence-corrected chi connectivity index (χ0v) is 18.2. The summed E-state index contributed by atoms with van der Waals surface area (Å²) in [6, 6.07) is 6.83. The van der Waals surface area contributed by atoms with E-state index in [0.29, 0.717) is 35.0 Å². The Hall–Kier alpha value is -3.74. The van der Waals surface area contributed by atoms with Crippen molar-refractivity contribution in [3.63, 3.8) is 0 Å². The van der Waals surface area contributed by atoms with E-state index in [1.54, 1.807) is 39.3 Å². The Bertz CT molecular complexity index is 1190. The number of rotatable bonds is 8. The number of urea groups is 1. The molecule has 0 aliphatic heterocycles. The first-order chi connectivity index (χ1) is 14.8. The van der Waals surface area contributed by atoms with Crippen LogP contribution >= 0.6 is 0 Å². The molecule has 12 nitrogen and oxygen atoms in total. The van der Waals surface area contributed by atoms with E-state index in [-0.39, 0.29) is 17.3 Å². The van der Waals surface area contributed by atoms with E-state index in [1.165, 1.54) is 12.1 Å². The van der Waals surface area contributed by atoms with Crippen molar-refractivity contribution < 1.29 is 13.2 Å². The van der Waals surface area contributed by atoms with Gasteiger partial charge in [0.1, 0.15) is 16.7 Å². The predicted molar refractivity (Wildman–Crippen MR) is 121 cm³/mol. The first-order valence-corrected chi connectivity index (χ1v) is 10.9. The van der Waals surface area contributed by atoms with Gasteiger partial charge in [0.2, 0.25) is 5.95 Å². The molecule has 2 amide bonds. The molecule has 0 radical (unpaired) electrons. The Morgan fingerprint density at radius 1 is 1.06 bits per heavy atom. The van der Waals surface area contributed by atoms with E-state index >= 15 is 0 Å². The molecule has 0 aliphatic rings. The largest absolute Gasteiger partial charge is 0.383 e. The maximum atomic E-state index is 12.3. The predicted octanol–water partition coefficient (Wildman–Crippen LogP) is 0.827. The highest BCUT2D eigenvalue weighted by Gasteiger charge is 2.20. The average Bonchev–Trinajstić information content (AvgIpc) is 3.13. The lowest BCUT2D eigenvalue weighted by Gasteiger charge is -2.15. The smallest absolute Gasteiger partial charge is 0.328 e. The van der Waals surface area contributed by atoms with Crippen LogP contribution in [-0.4, -0.2) is 56.7 Å². The van der Waals surface area contributed by atoms with Crippen molar-refractivity contribution in [3.8, 4) is 0 Å². The van der Waals surface area contributed by atoms with Crippen molar-refractivity contribution in [2.45, 2.75) is 11.4 Å². The average molecular weight is 448 g/mol. The number of carbonyl (C=O) groups is 1. The second-order valence-electron chi connectivity index (χ2n) is 6.43. The lowest BCUT2D eigenvalue weighted by molar-refractivity contribution is 0.245. The fourth-order valence-corrected chi connectivity index (χ4v) is 4.10. The molecular weight excluding hydrogens is 422 g/mol. The van der Waals surface area contributed by atoms with Crippen LogP contribution in [0.1, 0.15) is 0 Å². The zero-order valence-electron chi connectivity index (χ0n) is 17.4. The summed E-state index contributed by atoms with van der Waals surface area (Å²) in [6.45, 7) is 0.434. The number of nitrogens with one attached hydrogen (secondary N) is 5. The van der Waals surface area contributed by atoms with Crippen LogP contribution in [-0.2, 0) is 16.6 Å². The lowest BCUT2D eigenvalue weighted by Crippen LogP contribution is -2.40. The number of benzene rings is 1. The summed E-state index contributed by atoms with van der Waals surface area (Å²) in [7, 11) is 1.24. The van der Waals surface area contributed by atoms with E-state index in [4.69, 9.17) is 5.73 Å². The Labute approximate surface area is 179 Å². The molecule has 3 aromatic rings. The van der Waals surface area contributed by atoms with Crippen LogP contribution in [0.2, 0.25) is 0 Å². The number of sulfonamides is 1. The third-order valence-corrected chi connectivity index (χ3v) is 5.87. The van der Waals surface area contributed by atoms with Gasteiger partial charge in [0.25, 0.3) is 10.0 Å². The molecule has 13 heteroatoms. The molecule has 1 aromatic carbocycles. The highest BCUT2D eigenvalue weighted by Crippen LogP contribution is 2.34. The first-order valence-electron chi connectivity index (χ1n) is 9.41. The molecule has 0 atom stereocenters. The fraction of sp³-hybridized carbons (Fsp3) is 0.278. The molecule has 0 saturated heterocycles. The van der Waals surface area contributed by atoms with E-state index < -0.39 is 16.1 Å². The number of fused-ring (bicyclic) bond motifs is 1. The molecule has 2 heterocycles. The number of hydrogen-bond donors (Lipinski definition) is 6. The number of pyridine rings is 1. The molecule has 0 saturated carbocycles. The summed E-state index contributed by atoms with van der Waals surface area (Å²) in [4.78, 5) is 21.0. The van der Waals surface area contributed by atoms with Crippen molar-refractivity contribution in [1.29, 1.82) is 0 Å². The summed E-state index contributed by atoms with van der Waals surface area (Å²) < 4.78 is 28.4. The third-order valence-electron chi connectivity index (χ3n) is 4.53. The van der Waals surface area contributed by atoms with Crippen LogP contribution in [0.4, 0.5) is 28.1 Å². The number of carbonyl (C=O) groups excluding carboxylic acids is 1. The van der Waals surface area contributed by atoms with Gasteiger partial charge in [-0.2, -0.15) is 0 Å². The summed E-state index contributed by atoms with van der Waals surface area (Å²) in [5.41, 5.74) is 7.96. The monoisotopic (exact) mass is 447 g/mol. The maximum absolute atomic E-state index is 12.3. The molecule has 31 heavy (non-hydrogen) atoms. The number of hydrogen-bond acceptors (Lipinski definition) is 9. The fourth-order valence-electron chi connectivity index (χ4n) is 3.15. The first kappa shape index (κ1) is 22.0. The third kappa shape index (κ3) is 4.40. The van der Waals surface area contributed by atoms with Gasteiger partial charge in [-0.15, -0.1) is 0 Å². The molecule has 0 unspecified atom stereocenters. The number of nitrogen functional groups attached to an aromatic ring is 1. The van der Waals surface area contributed by atoms with Gasteiger partial charge in [0, 0.05) is 34.2 Å². The Morgan fingerprint density at radius 3 is 2.39 bits per heavy atom. The Morgan fingerprint density at radius 2 is 1.77 bits per heavy atom. The SMILES string of the molecule is CNc1nc(N)c2nc(NC)n(CCNC(=O)NS(=O)(=O)c3ccccc3)c2c1NC. The van der Waals surface area contributed by atoms with Gasteiger partial charge in [-0.1, -0.05) is 18.2 Å². The van der Waals surface area contributed by atoms with E-state index in [2.05, 4.69) is 31.2 Å². The number of anilines is 4. The van der Waals surface area contributed by atoms with Crippen molar-refractivity contribution in [1.82, 2.24) is 24.6 Å². The molecule has 0 bridgehead atoms. The second-order valence-corrected chi connectivity index (χ2v) is 8.11. The normalized spacial score (nSPS) is 11.2. The number of imidazole rings is 1. The van der Waals surface area contributed by atoms with Crippen molar-refractivity contribution in [3.05, 3.63) is 30.3 Å². The van der Waals surface area contributed by atoms with Crippen LogP contribution in [0.3, 0.4) is 0 Å². The minimum absolute atomic E-state index is 0.00413. The van der Waals surface area contributed by atoms with Gasteiger partial charge < -0.3 is 31.6 Å². The van der Waals surface area contributed by atoms with Gasteiger partial charge in [-0.3, -0.25) is 0 Å². The van der Waals surface area contributed by atoms with Crippen molar-refractivity contribution in [2.75, 3.05) is 49.4 Å².